The Bertz CT molecular complexity index is 550. The zero-order valence-corrected chi connectivity index (χ0v) is 11.0. The highest BCUT2D eigenvalue weighted by molar-refractivity contribution is 6.30. The lowest BCUT2D eigenvalue weighted by molar-refractivity contribution is 0.976. The van der Waals surface area contributed by atoms with Gasteiger partial charge < -0.3 is 0 Å². The lowest BCUT2D eigenvalue weighted by atomic mass is 10.1. The zero-order chi connectivity index (χ0) is 12.4. The Morgan fingerprint density at radius 2 is 1.94 bits per heavy atom. The second kappa shape index (κ2) is 4.84. The normalized spacial score (nSPS) is 10.6. The maximum absolute atomic E-state index is 6.14. The van der Waals surface area contributed by atoms with E-state index in [1.807, 2.05) is 19.1 Å². The number of benzene rings is 1. The van der Waals surface area contributed by atoms with Gasteiger partial charge in [0.1, 0.15) is 5.15 Å². The molecule has 88 valence electrons. The number of aromatic nitrogens is 2. The summed E-state index contributed by atoms with van der Waals surface area (Å²) in [5, 5.41) is 0.549. The van der Waals surface area contributed by atoms with Gasteiger partial charge in [0, 0.05) is 16.8 Å². The van der Waals surface area contributed by atoms with Crippen molar-refractivity contribution in [2.24, 2.45) is 0 Å². The van der Waals surface area contributed by atoms with Crippen LogP contribution < -0.4 is 0 Å². The quantitative estimate of drug-likeness (QED) is 0.750. The topological polar surface area (TPSA) is 25.8 Å². The maximum Gasteiger partial charge on any atom is 0.161 e. The van der Waals surface area contributed by atoms with Crippen molar-refractivity contribution in [3.8, 4) is 11.4 Å². The minimum atomic E-state index is 0.549. The van der Waals surface area contributed by atoms with Crippen LogP contribution in [0.5, 0.6) is 0 Å². The van der Waals surface area contributed by atoms with Crippen LogP contribution in [0.1, 0.15) is 23.7 Å². The molecule has 0 unspecified atom stereocenters. The van der Waals surface area contributed by atoms with Gasteiger partial charge in [-0.15, -0.1) is 0 Å². The first-order valence-electron chi connectivity index (χ1n) is 5.72. The Hall–Kier alpha value is -1.41. The molecule has 0 spiro atoms. The molecular formula is C14H15ClN2. The van der Waals surface area contributed by atoms with Gasteiger partial charge in [-0.25, -0.2) is 9.97 Å². The van der Waals surface area contributed by atoms with Crippen LogP contribution in [0.4, 0.5) is 0 Å². The van der Waals surface area contributed by atoms with E-state index in [1.165, 1.54) is 5.56 Å². The average molecular weight is 247 g/mol. The Morgan fingerprint density at radius 1 is 1.18 bits per heavy atom. The molecule has 0 bridgehead atoms. The van der Waals surface area contributed by atoms with E-state index >= 15 is 0 Å². The van der Waals surface area contributed by atoms with E-state index in [9.17, 15) is 0 Å². The molecule has 2 nitrogen and oxygen atoms in total. The van der Waals surface area contributed by atoms with Crippen LogP contribution in [0.3, 0.4) is 0 Å². The molecule has 0 aliphatic heterocycles. The molecule has 17 heavy (non-hydrogen) atoms. The number of aryl methyl sites for hydroxylation is 2. The van der Waals surface area contributed by atoms with E-state index < -0.39 is 0 Å². The Kier molecular flexibility index (Phi) is 3.43. The molecule has 0 N–H and O–H groups in total. The molecule has 2 aromatic rings. The predicted octanol–water partition coefficient (Wildman–Crippen LogP) is 3.98. The summed E-state index contributed by atoms with van der Waals surface area (Å²) in [7, 11) is 0. The van der Waals surface area contributed by atoms with Gasteiger partial charge in [0.2, 0.25) is 0 Å². The number of rotatable bonds is 2. The van der Waals surface area contributed by atoms with E-state index in [2.05, 4.69) is 35.9 Å². The van der Waals surface area contributed by atoms with E-state index in [-0.39, 0.29) is 0 Å². The summed E-state index contributed by atoms with van der Waals surface area (Å²) >= 11 is 6.14. The summed E-state index contributed by atoms with van der Waals surface area (Å²) in [6.45, 7) is 6.09. The van der Waals surface area contributed by atoms with Gasteiger partial charge in [-0.3, -0.25) is 0 Å². The fourth-order valence-electron chi connectivity index (χ4n) is 1.79. The average Bonchev–Trinajstić information content (AvgIpc) is 2.32. The summed E-state index contributed by atoms with van der Waals surface area (Å²) < 4.78 is 0. The standard InChI is InChI=1S/C14H15ClN2/c1-4-12-10(3)13(15)17-14(16-12)11-7-5-6-9(2)8-11/h5-8H,4H2,1-3H3. The van der Waals surface area contributed by atoms with Crippen LogP contribution in [0, 0.1) is 13.8 Å². The van der Waals surface area contributed by atoms with Gasteiger partial charge >= 0.3 is 0 Å². The summed E-state index contributed by atoms with van der Waals surface area (Å²) in [5.41, 5.74) is 4.20. The van der Waals surface area contributed by atoms with Gasteiger partial charge in [0.05, 0.1) is 0 Å². The molecule has 1 aromatic heterocycles. The van der Waals surface area contributed by atoms with Gasteiger partial charge in [0.15, 0.2) is 5.82 Å². The van der Waals surface area contributed by atoms with E-state index in [0.29, 0.717) is 11.0 Å². The van der Waals surface area contributed by atoms with Gasteiger partial charge in [-0.2, -0.15) is 0 Å². The van der Waals surface area contributed by atoms with Crippen molar-refractivity contribution < 1.29 is 0 Å². The lowest BCUT2D eigenvalue weighted by Crippen LogP contribution is -1.99. The van der Waals surface area contributed by atoms with Crippen molar-refractivity contribution in [2.75, 3.05) is 0 Å². The van der Waals surface area contributed by atoms with Crippen molar-refractivity contribution >= 4 is 11.6 Å². The van der Waals surface area contributed by atoms with Crippen LogP contribution in [0.2, 0.25) is 5.15 Å². The highest BCUT2D eigenvalue weighted by Crippen LogP contribution is 2.22. The highest BCUT2D eigenvalue weighted by atomic mass is 35.5. The fraction of sp³-hybridized carbons (Fsp3) is 0.286. The third-order valence-corrected chi connectivity index (χ3v) is 3.17. The van der Waals surface area contributed by atoms with Crippen LogP contribution in [-0.2, 0) is 6.42 Å². The first kappa shape index (κ1) is 12.1. The zero-order valence-electron chi connectivity index (χ0n) is 10.3. The van der Waals surface area contributed by atoms with E-state index in [1.54, 1.807) is 0 Å². The van der Waals surface area contributed by atoms with Crippen LogP contribution in [0.15, 0.2) is 24.3 Å². The molecule has 0 aliphatic rings. The third kappa shape index (κ3) is 2.47. The van der Waals surface area contributed by atoms with E-state index in [0.717, 1.165) is 23.2 Å². The molecular weight excluding hydrogens is 232 g/mol. The van der Waals surface area contributed by atoms with Gasteiger partial charge in [-0.1, -0.05) is 42.3 Å². The number of nitrogens with zero attached hydrogens (tertiary/aromatic N) is 2. The second-order valence-electron chi connectivity index (χ2n) is 4.13. The summed E-state index contributed by atoms with van der Waals surface area (Å²) in [4.78, 5) is 8.91. The van der Waals surface area contributed by atoms with Crippen molar-refractivity contribution in [1.29, 1.82) is 0 Å². The number of hydrogen-bond donors (Lipinski definition) is 0. The molecule has 0 amide bonds. The fourth-order valence-corrected chi connectivity index (χ4v) is 1.98. The van der Waals surface area contributed by atoms with Crippen molar-refractivity contribution in [1.82, 2.24) is 9.97 Å². The molecule has 3 heteroatoms. The molecule has 1 aromatic carbocycles. The lowest BCUT2D eigenvalue weighted by Gasteiger charge is -2.08. The van der Waals surface area contributed by atoms with Crippen LogP contribution in [-0.4, -0.2) is 9.97 Å². The van der Waals surface area contributed by atoms with Crippen LogP contribution in [0.25, 0.3) is 11.4 Å². The molecule has 0 saturated carbocycles. The Morgan fingerprint density at radius 3 is 2.59 bits per heavy atom. The van der Waals surface area contributed by atoms with Gasteiger partial charge in [0.25, 0.3) is 0 Å². The smallest absolute Gasteiger partial charge is 0.161 e. The number of halogens is 1. The summed E-state index contributed by atoms with van der Waals surface area (Å²) in [6.07, 6.45) is 0.868. The first-order valence-corrected chi connectivity index (χ1v) is 6.09. The summed E-state index contributed by atoms with van der Waals surface area (Å²) in [6, 6.07) is 8.14. The predicted molar refractivity (Wildman–Crippen MR) is 71.3 cm³/mol. The summed E-state index contributed by atoms with van der Waals surface area (Å²) in [5.74, 6) is 0.709. The van der Waals surface area contributed by atoms with Gasteiger partial charge in [-0.05, 0) is 26.3 Å². The number of hydrogen-bond acceptors (Lipinski definition) is 2. The maximum atomic E-state index is 6.14. The van der Waals surface area contributed by atoms with E-state index in [4.69, 9.17) is 11.6 Å². The molecule has 0 aliphatic carbocycles. The largest absolute Gasteiger partial charge is 0.233 e. The molecule has 0 saturated heterocycles. The SMILES string of the molecule is CCc1nc(-c2cccc(C)c2)nc(Cl)c1C. The molecule has 0 fully saturated rings. The van der Waals surface area contributed by atoms with Crippen LogP contribution >= 0.6 is 11.6 Å². The second-order valence-corrected chi connectivity index (χ2v) is 4.49. The monoisotopic (exact) mass is 246 g/mol. The van der Waals surface area contributed by atoms with Crippen molar-refractivity contribution in [2.45, 2.75) is 27.2 Å². The highest BCUT2D eigenvalue weighted by Gasteiger charge is 2.09. The molecule has 2 rings (SSSR count). The molecule has 0 radical (unpaired) electrons. The third-order valence-electron chi connectivity index (χ3n) is 2.80. The molecule has 1 heterocycles. The van der Waals surface area contributed by atoms with Crippen molar-refractivity contribution in [3.05, 3.63) is 46.2 Å². The first-order chi connectivity index (χ1) is 8.11. The molecule has 0 atom stereocenters. The minimum Gasteiger partial charge on any atom is -0.233 e. The van der Waals surface area contributed by atoms with Crippen molar-refractivity contribution in [3.63, 3.8) is 0 Å². The Balaban J connectivity index is 2.56. The minimum absolute atomic E-state index is 0.549. The Labute approximate surface area is 107 Å².